The summed E-state index contributed by atoms with van der Waals surface area (Å²) in [6.45, 7) is 5.31. The number of anilines is 1. The summed E-state index contributed by atoms with van der Waals surface area (Å²) in [6.07, 6.45) is 0.495. The quantitative estimate of drug-likeness (QED) is 0.607. The molecule has 1 aromatic rings. The molecule has 0 aromatic heterocycles. The zero-order valence-corrected chi connectivity index (χ0v) is 14.3. The highest BCUT2D eigenvalue weighted by Crippen LogP contribution is 2.20. The van der Waals surface area contributed by atoms with Gasteiger partial charge in [-0.15, -0.1) is 11.6 Å². The Labute approximate surface area is 140 Å². The van der Waals surface area contributed by atoms with E-state index in [1.165, 1.54) is 23.1 Å². The van der Waals surface area contributed by atoms with E-state index in [1.54, 1.807) is 26.8 Å². The van der Waals surface area contributed by atoms with Gasteiger partial charge in [0, 0.05) is 12.4 Å². The fourth-order valence-electron chi connectivity index (χ4n) is 2.02. The molecule has 23 heavy (non-hydrogen) atoms. The van der Waals surface area contributed by atoms with Crippen molar-refractivity contribution in [3.63, 3.8) is 0 Å². The molecule has 0 atom stereocenters. The van der Waals surface area contributed by atoms with Crippen LogP contribution in [0.25, 0.3) is 0 Å². The second kappa shape index (κ2) is 8.72. The third-order valence-electron chi connectivity index (χ3n) is 3.33. The van der Waals surface area contributed by atoms with Crippen molar-refractivity contribution in [2.45, 2.75) is 32.7 Å². The first kappa shape index (κ1) is 19.2. The Hall–Kier alpha value is -1.82. The van der Waals surface area contributed by atoms with Crippen LogP contribution < -0.4 is 5.32 Å². The number of esters is 1. The van der Waals surface area contributed by atoms with Gasteiger partial charge in [0.15, 0.2) is 0 Å². The van der Waals surface area contributed by atoms with Crippen LogP contribution in [0.5, 0.6) is 0 Å². The highest BCUT2D eigenvalue weighted by molar-refractivity contribution is 6.17. The molecule has 0 aliphatic heterocycles. The van der Waals surface area contributed by atoms with Gasteiger partial charge in [-0.1, -0.05) is 12.1 Å². The molecule has 0 aliphatic carbocycles. The minimum atomic E-state index is -1.20. The topological polar surface area (TPSA) is 58.6 Å². The second-order valence-electron chi connectivity index (χ2n) is 5.38. The summed E-state index contributed by atoms with van der Waals surface area (Å²) in [5, 5.41) is 2.48. The zero-order chi connectivity index (χ0) is 17.5. The monoisotopic (exact) mass is 344 g/mol. The molecule has 5 nitrogen and oxygen atoms in total. The Balaban J connectivity index is 2.98. The molecule has 0 heterocycles. The summed E-state index contributed by atoms with van der Waals surface area (Å²) in [5.74, 6) is -0.743. The van der Waals surface area contributed by atoms with Crippen LogP contribution in [0, 0.1) is 5.82 Å². The van der Waals surface area contributed by atoms with Crippen LogP contribution in [-0.2, 0) is 9.53 Å². The van der Waals surface area contributed by atoms with Gasteiger partial charge in [-0.2, -0.15) is 0 Å². The third kappa shape index (κ3) is 5.10. The molecule has 1 aromatic carbocycles. The molecule has 0 saturated carbocycles. The Morgan fingerprint density at radius 1 is 1.35 bits per heavy atom. The first-order valence-corrected chi connectivity index (χ1v) is 7.94. The Morgan fingerprint density at radius 2 is 2.00 bits per heavy atom. The summed E-state index contributed by atoms with van der Waals surface area (Å²) in [4.78, 5) is 26.0. The van der Waals surface area contributed by atoms with Crippen LogP contribution >= 0.6 is 11.6 Å². The number of halogens is 2. The molecule has 0 aliphatic rings. The van der Waals surface area contributed by atoms with Gasteiger partial charge in [-0.25, -0.2) is 14.0 Å². The summed E-state index contributed by atoms with van der Waals surface area (Å²) in [6, 6.07) is 5.25. The van der Waals surface area contributed by atoms with Crippen molar-refractivity contribution in [2.75, 3.05) is 24.3 Å². The van der Waals surface area contributed by atoms with Crippen molar-refractivity contribution in [2.24, 2.45) is 0 Å². The number of nitrogens with zero attached hydrogens (tertiary/aromatic N) is 1. The van der Waals surface area contributed by atoms with E-state index in [-0.39, 0.29) is 18.8 Å². The molecule has 128 valence electrons. The molecule has 0 radical (unpaired) electrons. The van der Waals surface area contributed by atoms with E-state index in [0.29, 0.717) is 12.3 Å². The number of alkyl halides is 1. The fourth-order valence-corrected chi connectivity index (χ4v) is 2.14. The van der Waals surface area contributed by atoms with Crippen molar-refractivity contribution in [1.82, 2.24) is 4.90 Å². The van der Waals surface area contributed by atoms with Crippen LogP contribution in [0.2, 0.25) is 0 Å². The summed E-state index contributed by atoms with van der Waals surface area (Å²) >= 11 is 5.69. The smallest absolute Gasteiger partial charge is 0.331 e. The Bertz CT molecular complexity index is 552. The molecule has 1 rings (SSSR count). The minimum absolute atomic E-state index is 0.0491. The van der Waals surface area contributed by atoms with Crippen LogP contribution in [0.15, 0.2) is 24.3 Å². The molecular weight excluding hydrogens is 323 g/mol. The summed E-state index contributed by atoms with van der Waals surface area (Å²) < 4.78 is 18.7. The standard InChI is InChI=1S/C16H22ClFN2O3/c1-4-23-14(21)16(2,3)20(11-7-10-17)15(22)19-13-9-6-5-8-12(13)18/h5-6,8-9H,4,7,10-11H2,1-3H3,(H,19,22). The number of amides is 2. The predicted molar refractivity (Wildman–Crippen MR) is 88.2 cm³/mol. The number of ether oxygens (including phenoxy) is 1. The van der Waals surface area contributed by atoms with E-state index in [9.17, 15) is 14.0 Å². The van der Waals surface area contributed by atoms with Crippen molar-refractivity contribution >= 4 is 29.3 Å². The van der Waals surface area contributed by atoms with E-state index in [2.05, 4.69) is 5.32 Å². The van der Waals surface area contributed by atoms with Gasteiger partial charge in [0.2, 0.25) is 0 Å². The molecular formula is C16H22ClFN2O3. The summed E-state index contributed by atoms with van der Waals surface area (Å²) in [5.41, 5.74) is -1.15. The lowest BCUT2D eigenvalue weighted by atomic mass is 10.0. The minimum Gasteiger partial charge on any atom is -0.464 e. The third-order valence-corrected chi connectivity index (χ3v) is 3.59. The van der Waals surface area contributed by atoms with Crippen molar-refractivity contribution in [1.29, 1.82) is 0 Å². The van der Waals surface area contributed by atoms with E-state index in [0.717, 1.165) is 0 Å². The van der Waals surface area contributed by atoms with Crippen LogP contribution in [-0.4, -0.2) is 41.5 Å². The number of carbonyl (C=O) groups is 2. The number of hydrogen-bond acceptors (Lipinski definition) is 3. The Kier molecular flexibility index (Phi) is 7.29. The van der Waals surface area contributed by atoms with Crippen LogP contribution in [0.3, 0.4) is 0 Å². The van der Waals surface area contributed by atoms with E-state index < -0.39 is 23.4 Å². The number of rotatable bonds is 7. The number of para-hydroxylation sites is 1. The summed E-state index contributed by atoms with van der Waals surface area (Å²) in [7, 11) is 0. The molecule has 0 bridgehead atoms. The lowest BCUT2D eigenvalue weighted by molar-refractivity contribution is -0.153. The fraction of sp³-hybridized carbons (Fsp3) is 0.500. The number of benzene rings is 1. The molecule has 0 saturated heterocycles. The first-order valence-electron chi connectivity index (χ1n) is 7.41. The lowest BCUT2D eigenvalue weighted by Gasteiger charge is -2.36. The second-order valence-corrected chi connectivity index (χ2v) is 5.76. The maximum absolute atomic E-state index is 13.7. The van der Waals surface area contributed by atoms with Crippen LogP contribution in [0.4, 0.5) is 14.9 Å². The van der Waals surface area contributed by atoms with Gasteiger partial charge in [-0.3, -0.25) is 0 Å². The van der Waals surface area contributed by atoms with Crippen molar-refractivity contribution in [3.05, 3.63) is 30.1 Å². The molecule has 0 spiro atoms. The normalized spacial score (nSPS) is 11.0. The average Bonchev–Trinajstić information content (AvgIpc) is 2.50. The van der Waals surface area contributed by atoms with Crippen LogP contribution in [0.1, 0.15) is 27.2 Å². The van der Waals surface area contributed by atoms with E-state index in [4.69, 9.17) is 16.3 Å². The highest BCUT2D eigenvalue weighted by atomic mass is 35.5. The number of carbonyl (C=O) groups excluding carboxylic acids is 2. The number of nitrogens with one attached hydrogen (secondary N) is 1. The predicted octanol–water partition coefficient (Wildman–Crippen LogP) is 3.63. The maximum Gasteiger partial charge on any atom is 0.331 e. The first-order chi connectivity index (χ1) is 10.8. The van der Waals surface area contributed by atoms with Gasteiger partial charge in [0.1, 0.15) is 11.4 Å². The number of urea groups is 1. The zero-order valence-electron chi connectivity index (χ0n) is 13.6. The van der Waals surface area contributed by atoms with Crippen molar-refractivity contribution < 1.29 is 18.7 Å². The molecule has 2 amide bonds. The van der Waals surface area contributed by atoms with Gasteiger partial charge in [0.25, 0.3) is 0 Å². The molecule has 7 heteroatoms. The lowest BCUT2D eigenvalue weighted by Crippen LogP contribution is -2.55. The Morgan fingerprint density at radius 3 is 2.57 bits per heavy atom. The maximum atomic E-state index is 13.7. The molecule has 0 unspecified atom stereocenters. The average molecular weight is 345 g/mol. The van der Waals surface area contributed by atoms with Gasteiger partial charge in [0.05, 0.1) is 12.3 Å². The van der Waals surface area contributed by atoms with Crippen molar-refractivity contribution in [3.8, 4) is 0 Å². The van der Waals surface area contributed by atoms with E-state index >= 15 is 0 Å². The van der Waals surface area contributed by atoms with Gasteiger partial charge >= 0.3 is 12.0 Å². The SMILES string of the molecule is CCOC(=O)C(C)(C)N(CCCCl)C(=O)Nc1ccccc1F. The molecule has 1 N–H and O–H groups in total. The molecule has 0 fully saturated rings. The number of hydrogen-bond donors (Lipinski definition) is 1. The van der Waals surface area contributed by atoms with E-state index in [1.807, 2.05) is 0 Å². The van der Waals surface area contributed by atoms with Gasteiger partial charge < -0.3 is 15.0 Å². The highest BCUT2D eigenvalue weighted by Gasteiger charge is 2.39. The van der Waals surface area contributed by atoms with Gasteiger partial charge in [-0.05, 0) is 39.3 Å². The largest absolute Gasteiger partial charge is 0.464 e.